The van der Waals surface area contributed by atoms with Gasteiger partial charge in [-0.1, -0.05) is 39.7 Å². The summed E-state index contributed by atoms with van der Waals surface area (Å²) in [5, 5.41) is 22.6. The minimum Gasteiger partial charge on any atom is -0.390 e. The molecule has 2 N–H and O–H groups in total. The molecule has 1 unspecified atom stereocenters. The number of hydrogen-bond acceptors (Lipinski definition) is 4. The Balaban J connectivity index is 1.79. The van der Waals surface area contributed by atoms with Crippen molar-refractivity contribution in [3.63, 3.8) is 0 Å². The van der Waals surface area contributed by atoms with Crippen LogP contribution in [-0.4, -0.2) is 58.8 Å². The molecule has 0 bridgehead atoms. The minimum atomic E-state index is -0.915. The Morgan fingerprint density at radius 1 is 1.33 bits per heavy atom. The van der Waals surface area contributed by atoms with Crippen molar-refractivity contribution in [2.75, 3.05) is 19.1 Å². The first-order chi connectivity index (χ1) is 14.1. The number of hydrogen-bond donors (Lipinski definition) is 2. The van der Waals surface area contributed by atoms with Crippen molar-refractivity contribution in [2.45, 2.75) is 75.3 Å². The maximum atomic E-state index is 11.9. The molecule has 1 aliphatic heterocycles. The summed E-state index contributed by atoms with van der Waals surface area (Å²) in [6, 6.07) is 8.40. The van der Waals surface area contributed by atoms with Crippen molar-refractivity contribution < 1.29 is 19.7 Å². The van der Waals surface area contributed by atoms with Crippen LogP contribution in [0.15, 0.2) is 40.4 Å². The van der Waals surface area contributed by atoms with Gasteiger partial charge in [-0.25, -0.2) is 0 Å². The number of epoxide rings is 1. The Morgan fingerprint density at radius 3 is 2.60 bits per heavy atom. The van der Waals surface area contributed by atoms with Crippen LogP contribution in [-0.2, 0) is 26.1 Å². The summed E-state index contributed by atoms with van der Waals surface area (Å²) in [7, 11) is 1.62. The Bertz CT molecular complexity index is 750. The summed E-state index contributed by atoms with van der Waals surface area (Å²) in [6.45, 7) is 6.26. The van der Waals surface area contributed by atoms with Crippen LogP contribution < -0.4 is 0 Å². The summed E-state index contributed by atoms with van der Waals surface area (Å²) in [5.41, 5.74) is 1.14. The molecule has 30 heavy (non-hydrogen) atoms. The van der Waals surface area contributed by atoms with E-state index in [1.807, 2.05) is 0 Å². The van der Waals surface area contributed by atoms with Gasteiger partial charge in [0.1, 0.15) is 22.7 Å². The number of rotatable bonds is 8. The van der Waals surface area contributed by atoms with E-state index >= 15 is 0 Å². The van der Waals surface area contributed by atoms with E-state index in [4.69, 9.17) is 9.47 Å². The molecule has 1 aromatic rings. The maximum absolute atomic E-state index is 11.9. The van der Waals surface area contributed by atoms with Gasteiger partial charge in [-0.05, 0) is 63.1 Å². The van der Waals surface area contributed by atoms with Crippen LogP contribution in [0.5, 0.6) is 0 Å². The molecule has 168 valence electrons. The van der Waals surface area contributed by atoms with Crippen LogP contribution in [0.25, 0.3) is 0 Å². The molecule has 1 saturated carbocycles. The monoisotopic (exact) mass is 499 g/mol. The molecular formula is C24H36BrO4S+. The zero-order valence-electron chi connectivity index (χ0n) is 18.7. The average Bonchev–Trinajstić information content (AvgIpc) is 3.34. The lowest BCUT2D eigenvalue weighted by molar-refractivity contribution is -0.169. The molecule has 2 fully saturated rings. The van der Waals surface area contributed by atoms with E-state index in [0.717, 1.165) is 16.6 Å². The molecule has 1 saturated heterocycles. The van der Waals surface area contributed by atoms with Crippen LogP contribution in [0.1, 0.15) is 45.6 Å². The Hall–Kier alpha value is -0.370. The highest BCUT2D eigenvalue weighted by Gasteiger charge is 2.68. The largest absolute Gasteiger partial charge is 0.390 e. The fourth-order valence-corrected chi connectivity index (χ4v) is 7.38. The molecule has 1 aromatic carbocycles. The van der Waals surface area contributed by atoms with Crippen molar-refractivity contribution in [1.82, 2.24) is 0 Å². The van der Waals surface area contributed by atoms with Crippen LogP contribution in [0.2, 0.25) is 0 Å². The summed E-state index contributed by atoms with van der Waals surface area (Å²) < 4.78 is 13.0. The van der Waals surface area contributed by atoms with Gasteiger partial charge in [0.15, 0.2) is 0 Å². The van der Waals surface area contributed by atoms with Gasteiger partial charge in [0.05, 0.1) is 30.5 Å². The van der Waals surface area contributed by atoms with Crippen molar-refractivity contribution in [2.24, 2.45) is 5.92 Å². The lowest BCUT2D eigenvalue weighted by Gasteiger charge is -2.47. The lowest BCUT2D eigenvalue weighted by Crippen LogP contribution is -2.62. The standard InChI is InChI=1S/C24H36BrO4S/c1-16(2)6-11-20-23(3,29-20)22-21(28-4)19(26)12-13-24(22,27)15-30(5)14-17-7-9-18(25)10-8-17/h6-10,19-22,26-27H,11-15H2,1-5H3/q+1/t19-,20-,21-,22-,23+,24+,30?/m1/s1. The number of aliphatic hydroxyl groups is 2. The van der Waals surface area contributed by atoms with Crippen LogP contribution in [0.3, 0.4) is 0 Å². The number of halogens is 1. The maximum Gasteiger partial charge on any atom is 0.137 e. The molecule has 6 heteroatoms. The third kappa shape index (κ3) is 5.33. The molecule has 2 aliphatic rings. The van der Waals surface area contributed by atoms with Crippen LogP contribution >= 0.6 is 15.9 Å². The summed E-state index contributed by atoms with van der Waals surface area (Å²) >= 11 is 3.49. The second kappa shape index (κ2) is 9.63. The molecule has 1 heterocycles. The zero-order chi connectivity index (χ0) is 22.1. The number of benzene rings is 1. The first kappa shape index (κ1) is 24.3. The van der Waals surface area contributed by atoms with Crippen molar-refractivity contribution in [3.05, 3.63) is 46.0 Å². The van der Waals surface area contributed by atoms with Gasteiger partial charge < -0.3 is 19.7 Å². The highest BCUT2D eigenvalue weighted by molar-refractivity contribution is 9.10. The van der Waals surface area contributed by atoms with E-state index in [-0.39, 0.29) is 22.9 Å². The van der Waals surface area contributed by atoms with Gasteiger partial charge >= 0.3 is 0 Å². The van der Waals surface area contributed by atoms with Gasteiger partial charge in [0, 0.05) is 17.1 Å². The second-order valence-electron chi connectivity index (χ2n) is 9.39. The number of allylic oxidation sites excluding steroid dienone is 1. The highest BCUT2D eigenvalue weighted by Crippen LogP contribution is 2.54. The van der Waals surface area contributed by atoms with Gasteiger partial charge in [-0.15, -0.1) is 0 Å². The normalized spacial score (nSPS) is 36.9. The van der Waals surface area contributed by atoms with E-state index in [9.17, 15) is 10.2 Å². The average molecular weight is 501 g/mol. The molecule has 0 amide bonds. The summed E-state index contributed by atoms with van der Waals surface area (Å²) in [6.07, 6.45) is 5.42. The Labute approximate surface area is 192 Å². The van der Waals surface area contributed by atoms with Crippen LogP contribution in [0.4, 0.5) is 0 Å². The van der Waals surface area contributed by atoms with E-state index in [1.54, 1.807) is 7.11 Å². The molecular weight excluding hydrogens is 464 g/mol. The smallest absolute Gasteiger partial charge is 0.137 e. The van der Waals surface area contributed by atoms with E-state index in [1.165, 1.54) is 11.1 Å². The fourth-order valence-electron chi connectivity index (χ4n) is 5.07. The Morgan fingerprint density at radius 2 is 2.00 bits per heavy atom. The molecule has 0 radical (unpaired) electrons. The van der Waals surface area contributed by atoms with E-state index < -0.39 is 23.4 Å². The number of methoxy groups -OCH3 is 1. The molecule has 4 nitrogen and oxygen atoms in total. The third-order valence-electron chi connectivity index (χ3n) is 6.59. The van der Waals surface area contributed by atoms with Gasteiger partial charge in [-0.2, -0.15) is 0 Å². The molecule has 3 rings (SSSR count). The molecule has 1 aliphatic carbocycles. The number of aliphatic hydroxyl groups excluding tert-OH is 1. The first-order valence-electron chi connectivity index (χ1n) is 10.7. The lowest BCUT2D eigenvalue weighted by atomic mass is 9.66. The zero-order valence-corrected chi connectivity index (χ0v) is 21.1. The van der Waals surface area contributed by atoms with Crippen LogP contribution in [0, 0.1) is 5.92 Å². The number of ether oxygens (including phenoxy) is 2. The van der Waals surface area contributed by atoms with Crippen molar-refractivity contribution in [1.29, 1.82) is 0 Å². The van der Waals surface area contributed by atoms with Gasteiger partial charge in [0.2, 0.25) is 0 Å². The predicted octanol–water partition coefficient (Wildman–Crippen LogP) is 4.23. The van der Waals surface area contributed by atoms with Gasteiger partial charge in [0.25, 0.3) is 0 Å². The first-order valence-corrected chi connectivity index (χ1v) is 13.4. The third-order valence-corrected chi connectivity index (χ3v) is 8.94. The molecule has 7 atom stereocenters. The quantitative estimate of drug-likeness (QED) is 0.319. The van der Waals surface area contributed by atoms with E-state index in [0.29, 0.717) is 18.6 Å². The SMILES string of the molecule is CO[C@@H]1[C@H](O)CC[C@](O)(C[S+](C)Cc2ccc(Br)cc2)[C@H]1[C@@]1(C)O[C@@H]1CC=C(C)C. The summed E-state index contributed by atoms with van der Waals surface area (Å²) in [4.78, 5) is 0. The van der Waals surface area contributed by atoms with Crippen molar-refractivity contribution >= 4 is 26.8 Å². The highest BCUT2D eigenvalue weighted by atomic mass is 79.9. The minimum absolute atomic E-state index is 0.0127. The van der Waals surface area contributed by atoms with Crippen molar-refractivity contribution in [3.8, 4) is 0 Å². The summed E-state index contributed by atoms with van der Waals surface area (Å²) in [5.74, 6) is 1.37. The fraction of sp³-hybridized carbons (Fsp3) is 0.667. The topological polar surface area (TPSA) is 62.2 Å². The molecule has 0 spiro atoms. The second-order valence-corrected chi connectivity index (χ2v) is 12.4. The predicted molar refractivity (Wildman–Crippen MR) is 128 cm³/mol. The molecule has 0 aromatic heterocycles. The van der Waals surface area contributed by atoms with Gasteiger partial charge in [-0.3, -0.25) is 0 Å². The van der Waals surface area contributed by atoms with E-state index in [2.05, 4.69) is 73.3 Å². The Kier molecular flexibility index (Phi) is 7.80.